The van der Waals surface area contributed by atoms with Gasteiger partial charge in [0.05, 0.1) is 6.04 Å². The number of fused-ring (bicyclic) bond motifs is 1. The molecule has 3 atom stereocenters. The molecular formula is C11H18N4O. The highest BCUT2D eigenvalue weighted by atomic mass is 16.1. The number of H-pyrrole nitrogens is 2. The molecule has 88 valence electrons. The molecule has 1 aliphatic heterocycles. The fraction of sp³-hybridized carbons (Fsp3) is 0.818. The molecule has 3 unspecified atom stereocenters. The molecule has 5 heteroatoms. The summed E-state index contributed by atoms with van der Waals surface area (Å²) in [5.74, 6) is 1.62. The fourth-order valence-corrected chi connectivity index (χ4v) is 3.16. The Hall–Kier alpha value is -1.10. The molecule has 0 spiro atoms. The van der Waals surface area contributed by atoms with Gasteiger partial charge in [0.15, 0.2) is 0 Å². The number of nitrogens with one attached hydrogen (secondary N) is 3. The van der Waals surface area contributed by atoms with E-state index in [1.54, 1.807) is 0 Å². The molecule has 0 radical (unpaired) electrons. The van der Waals surface area contributed by atoms with Crippen LogP contribution in [-0.2, 0) is 0 Å². The van der Waals surface area contributed by atoms with Crippen LogP contribution >= 0.6 is 0 Å². The summed E-state index contributed by atoms with van der Waals surface area (Å²) in [5, 5.41) is 10.1. The van der Waals surface area contributed by atoms with Gasteiger partial charge in [0.2, 0.25) is 0 Å². The predicted octanol–water partition coefficient (Wildman–Crippen LogP) is 1.08. The van der Waals surface area contributed by atoms with E-state index in [-0.39, 0.29) is 11.7 Å². The standard InChI is InChI=1S/C11H18N4O/c16-11-13-10(14-15-11)9-6-5-7-3-1-2-4-8(7)12-9/h7-9,12H,1-6H2,(H2,13,14,15,16). The molecule has 1 aromatic rings. The van der Waals surface area contributed by atoms with Crippen LogP contribution in [0.4, 0.5) is 0 Å². The Balaban J connectivity index is 1.73. The highest BCUT2D eigenvalue weighted by Gasteiger charge is 2.33. The average Bonchev–Trinajstić information content (AvgIpc) is 2.75. The molecule has 0 bridgehead atoms. The van der Waals surface area contributed by atoms with Crippen LogP contribution in [-0.4, -0.2) is 21.2 Å². The lowest BCUT2D eigenvalue weighted by atomic mass is 9.77. The first-order valence-electron chi connectivity index (χ1n) is 6.23. The third-order valence-electron chi connectivity index (χ3n) is 4.00. The quantitative estimate of drug-likeness (QED) is 0.665. The summed E-state index contributed by atoms with van der Waals surface area (Å²) in [5.41, 5.74) is -0.206. The Morgan fingerprint density at radius 1 is 1.12 bits per heavy atom. The van der Waals surface area contributed by atoms with Crippen molar-refractivity contribution in [1.82, 2.24) is 20.5 Å². The van der Waals surface area contributed by atoms with Gasteiger partial charge in [-0.05, 0) is 31.6 Å². The summed E-state index contributed by atoms with van der Waals surface area (Å²) < 4.78 is 0. The van der Waals surface area contributed by atoms with Gasteiger partial charge in [-0.15, -0.1) is 0 Å². The Labute approximate surface area is 94.0 Å². The van der Waals surface area contributed by atoms with E-state index in [1.807, 2.05) is 0 Å². The molecule has 1 aliphatic carbocycles. The zero-order valence-corrected chi connectivity index (χ0v) is 9.33. The molecule has 1 saturated heterocycles. The largest absolute Gasteiger partial charge is 0.340 e. The smallest absolute Gasteiger partial charge is 0.304 e. The minimum Gasteiger partial charge on any atom is -0.304 e. The van der Waals surface area contributed by atoms with Gasteiger partial charge in [-0.2, -0.15) is 5.10 Å². The van der Waals surface area contributed by atoms with Crippen molar-refractivity contribution in [2.45, 2.75) is 50.6 Å². The van der Waals surface area contributed by atoms with E-state index in [0.29, 0.717) is 6.04 Å². The Kier molecular flexibility index (Phi) is 2.55. The lowest BCUT2D eigenvalue weighted by molar-refractivity contribution is 0.173. The number of piperidine rings is 1. The maximum Gasteiger partial charge on any atom is 0.340 e. The summed E-state index contributed by atoms with van der Waals surface area (Å²) in [7, 11) is 0. The molecule has 2 heterocycles. The summed E-state index contributed by atoms with van der Waals surface area (Å²) >= 11 is 0. The molecule has 2 fully saturated rings. The van der Waals surface area contributed by atoms with E-state index in [9.17, 15) is 4.79 Å². The number of rotatable bonds is 1. The molecule has 0 aromatic carbocycles. The van der Waals surface area contributed by atoms with Crippen molar-refractivity contribution in [1.29, 1.82) is 0 Å². The van der Waals surface area contributed by atoms with E-state index in [0.717, 1.165) is 18.2 Å². The van der Waals surface area contributed by atoms with Crippen molar-refractivity contribution >= 4 is 0 Å². The Bertz CT molecular complexity index is 410. The maximum atomic E-state index is 11.0. The molecule has 1 aromatic heterocycles. The van der Waals surface area contributed by atoms with Crippen LogP contribution in [0, 0.1) is 5.92 Å². The van der Waals surface area contributed by atoms with Crippen molar-refractivity contribution < 1.29 is 0 Å². The summed E-state index contributed by atoms with van der Waals surface area (Å²) in [6, 6.07) is 0.867. The monoisotopic (exact) mass is 222 g/mol. The van der Waals surface area contributed by atoms with E-state index < -0.39 is 0 Å². The van der Waals surface area contributed by atoms with Gasteiger partial charge in [-0.25, -0.2) is 9.89 Å². The number of aromatic amines is 2. The molecule has 3 N–H and O–H groups in total. The SMILES string of the molecule is O=c1[nH]nc(C2CCC3CCCCC3N2)[nH]1. The lowest BCUT2D eigenvalue weighted by Gasteiger charge is -2.39. The van der Waals surface area contributed by atoms with E-state index in [4.69, 9.17) is 0 Å². The summed E-state index contributed by atoms with van der Waals surface area (Å²) in [6.45, 7) is 0. The topological polar surface area (TPSA) is 73.6 Å². The van der Waals surface area contributed by atoms with E-state index in [1.165, 1.54) is 32.1 Å². The van der Waals surface area contributed by atoms with Gasteiger partial charge in [-0.3, -0.25) is 4.98 Å². The second kappa shape index (κ2) is 4.05. The molecule has 5 nitrogen and oxygen atoms in total. The fourth-order valence-electron chi connectivity index (χ4n) is 3.16. The van der Waals surface area contributed by atoms with Crippen LogP contribution in [0.15, 0.2) is 4.79 Å². The van der Waals surface area contributed by atoms with Crippen molar-refractivity contribution in [2.24, 2.45) is 5.92 Å². The highest BCUT2D eigenvalue weighted by molar-refractivity contribution is 4.98. The number of aromatic nitrogens is 3. The Morgan fingerprint density at radius 3 is 2.81 bits per heavy atom. The molecule has 3 rings (SSSR count). The minimum atomic E-state index is -0.206. The Morgan fingerprint density at radius 2 is 2.00 bits per heavy atom. The van der Waals surface area contributed by atoms with E-state index >= 15 is 0 Å². The second-order valence-corrected chi connectivity index (χ2v) is 5.01. The van der Waals surface area contributed by atoms with Crippen LogP contribution in [0.25, 0.3) is 0 Å². The molecule has 1 saturated carbocycles. The third-order valence-corrected chi connectivity index (χ3v) is 4.00. The average molecular weight is 222 g/mol. The number of hydrogen-bond acceptors (Lipinski definition) is 3. The first-order chi connectivity index (χ1) is 7.83. The van der Waals surface area contributed by atoms with Crippen molar-refractivity contribution in [3.8, 4) is 0 Å². The van der Waals surface area contributed by atoms with Gasteiger partial charge in [0, 0.05) is 6.04 Å². The second-order valence-electron chi connectivity index (χ2n) is 5.01. The van der Waals surface area contributed by atoms with Gasteiger partial charge in [0.25, 0.3) is 0 Å². The maximum absolute atomic E-state index is 11.0. The molecule has 0 amide bonds. The van der Waals surface area contributed by atoms with Crippen LogP contribution < -0.4 is 11.0 Å². The first kappa shape index (κ1) is 10.1. The third kappa shape index (κ3) is 1.80. The zero-order valence-electron chi connectivity index (χ0n) is 9.33. The van der Waals surface area contributed by atoms with Crippen LogP contribution in [0.3, 0.4) is 0 Å². The van der Waals surface area contributed by atoms with E-state index in [2.05, 4.69) is 20.5 Å². The van der Waals surface area contributed by atoms with Crippen LogP contribution in [0.1, 0.15) is 50.4 Å². The first-order valence-corrected chi connectivity index (χ1v) is 6.23. The van der Waals surface area contributed by atoms with Gasteiger partial charge >= 0.3 is 5.69 Å². The summed E-state index contributed by atoms with van der Waals surface area (Å²) in [4.78, 5) is 13.8. The van der Waals surface area contributed by atoms with Crippen molar-refractivity contribution in [2.75, 3.05) is 0 Å². The number of hydrogen-bond donors (Lipinski definition) is 3. The van der Waals surface area contributed by atoms with Gasteiger partial charge < -0.3 is 5.32 Å². The predicted molar refractivity (Wildman–Crippen MR) is 60.1 cm³/mol. The van der Waals surface area contributed by atoms with Crippen LogP contribution in [0.2, 0.25) is 0 Å². The highest BCUT2D eigenvalue weighted by Crippen LogP contribution is 2.35. The molecule has 2 aliphatic rings. The van der Waals surface area contributed by atoms with Crippen molar-refractivity contribution in [3.63, 3.8) is 0 Å². The normalized spacial score (nSPS) is 34.6. The molecular weight excluding hydrogens is 204 g/mol. The zero-order chi connectivity index (χ0) is 11.0. The molecule has 16 heavy (non-hydrogen) atoms. The number of nitrogens with zero attached hydrogens (tertiary/aromatic N) is 1. The van der Waals surface area contributed by atoms with Crippen LogP contribution in [0.5, 0.6) is 0 Å². The summed E-state index contributed by atoms with van der Waals surface area (Å²) in [6.07, 6.45) is 7.70. The minimum absolute atomic E-state index is 0.206. The van der Waals surface area contributed by atoms with Gasteiger partial charge in [0.1, 0.15) is 5.82 Å². The lowest BCUT2D eigenvalue weighted by Crippen LogP contribution is -2.45. The van der Waals surface area contributed by atoms with Crippen molar-refractivity contribution in [3.05, 3.63) is 16.3 Å². The van der Waals surface area contributed by atoms with Gasteiger partial charge in [-0.1, -0.05) is 12.8 Å².